The SMILES string of the molecule is OC(c1ccccc1)(c1ccccc1)c1cc(CBr)no1. The van der Waals surface area contributed by atoms with Crippen molar-refractivity contribution >= 4 is 15.9 Å². The van der Waals surface area contributed by atoms with E-state index in [-0.39, 0.29) is 0 Å². The van der Waals surface area contributed by atoms with Gasteiger partial charge in [-0.05, 0) is 11.1 Å². The number of halogens is 1. The van der Waals surface area contributed by atoms with Gasteiger partial charge in [0.05, 0.1) is 5.69 Å². The van der Waals surface area contributed by atoms with Crippen molar-refractivity contribution in [2.24, 2.45) is 0 Å². The molecule has 3 nitrogen and oxygen atoms in total. The molecule has 0 unspecified atom stereocenters. The van der Waals surface area contributed by atoms with Gasteiger partial charge in [0.15, 0.2) is 11.4 Å². The van der Waals surface area contributed by atoms with Gasteiger partial charge in [-0.25, -0.2) is 0 Å². The second-order valence-electron chi connectivity index (χ2n) is 4.76. The molecule has 1 heterocycles. The highest BCUT2D eigenvalue weighted by atomic mass is 79.9. The molecule has 3 aromatic rings. The topological polar surface area (TPSA) is 46.3 Å². The first-order chi connectivity index (χ1) is 10.2. The Bertz CT molecular complexity index is 670. The lowest BCUT2D eigenvalue weighted by atomic mass is 9.84. The zero-order valence-corrected chi connectivity index (χ0v) is 12.8. The Morgan fingerprint density at radius 2 is 1.48 bits per heavy atom. The molecule has 0 aliphatic rings. The number of hydrogen-bond acceptors (Lipinski definition) is 3. The number of benzene rings is 2. The van der Waals surface area contributed by atoms with Crippen LogP contribution >= 0.6 is 15.9 Å². The molecule has 1 N–H and O–H groups in total. The molecule has 0 aliphatic carbocycles. The van der Waals surface area contributed by atoms with Crippen molar-refractivity contribution in [1.82, 2.24) is 5.16 Å². The van der Waals surface area contributed by atoms with Crippen LogP contribution < -0.4 is 0 Å². The van der Waals surface area contributed by atoms with Crippen LogP contribution in [0.5, 0.6) is 0 Å². The Balaban J connectivity index is 2.20. The van der Waals surface area contributed by atoms with Crippen molar-refractivity contribution in [2.75, 3.05) is 0 Å². The quantitative estimate of drug-likeness (QED) is 0.731. The molecule has 0 spiro atoms. The van der Waals surface area contributed by atoms with Gasteiger partial charge in [-0.1, -0.05) is 81.8 Å². The lowest BCUT2D eigenvalue weighted by Crippen LogP contribution is -2.28. The fourth-order valence-electron chi connectivity index (χ4n) is 2.36. The molecule has 3 rings (SSSR count). The molecule has 0 amide bonds. The van der Waals surface area contributed by atoms with Gasteiger partial charge >= 0.3 is 0 Å². The summed E-state index contributed by atoms with van der Waals surface area (Å²) in [6, 6.07) is 20.7. The Morgan fingerprint density at radius 3 is 1.90 bits per heavy atom. The summed E-state index contributed by atoms with van der Waals surface area (Å²) >= 11 is 3.35. The van der Waals surface area contributed by atoms with E-state index in [0.717, 1.165) is 16.8 Å². The maximum Gasteiger partial charge on any atom is 0.177 e. The predicted molar refractivity (Wildman–Crippen MR) is 84.1 cm³/mol. The molecule has 21 heavy (non-hydrogen) atoms. The first-order valence-electron chi connectivity index (χ1n) is 6.60. The molecule has 4 heteroatoms. The van der Waals surface area contributed by atoms with Crippen LogP contribution in [-0.4, -0.2) is 10.3 Å². The van der Waals surface area contributed by atoms with Crippen LogP contribution in [0.4, 0.5) is 0 Å². The van der Waals surface area contributed by atoms with E-state index in [1.54, 1.807) is 6.07 Å². The van der Waals surface area contributed by atoms with E-state index in [1.165, 1.54) is 0 Å². The fraction of sp³-hybridized carbons (Fsp3) is 0.118. The van der Waals surface area contributed by atoms with Crippen molar-refractivity contribution in [2.45, 2.75) is 10.9 Å². The van der Waals surface area contributed by atoms with Crippen molar-refractivity contribution < 1.29 is 9.63 Å². The van der Waals surface area contributed by atoms with Gasteiger partial charge in [-0.15, -0.1) is 0 Å². The van der Waals surface area contributed by atoms with E-state index in [2.05, 4.69) is 21.1 Å². The first-order valence-corrected chi connectivity index (χ1v) is 7.72. The molecule has 0 saturated carbocycles. The number of rotatable bonds is 4. The van der Waals surface area contributed by atoms with Crippen molar-refractivity contribution in [3.05, 3.63) is 89.3 Å². The third kappa shape index (κ3) is 2.52. The minimum absolute atomic E-state index is 0.411. The molecule has 0 aliphatic heterocycles. The Hall–Kier alpha value is -1.91. The van der Waals surface area contributed by atoms with E-state index in [9.17, 15) is 5.11 Å². The third-order valence-electron chi connectivity index (χ3n) is 3.44. The second-order valence-corrected chi connectivity index (χ2v) is 5.32. The number of alkyl halides is 1. The lowest BCUT2D eigenvalue weighted by molar-refractivity contribution is 0.0907. The van der Waals surface area contributed by atoms with Gasteiger partial charge in [0, 0.05) is 11.4 Å². The second kappa shape index (κ2) is 5.84. The van der Waals surface area contributed by atoms with E-state index < -0.39 is 5.60 Å². The van der Waals surface area contributed by atoms with E-state index in [1.807, 2.05) is 60.7 Å². The van der Waals surface area contributed by atoms with Gasteiger partial charge in [0.1, 0.15) is 0 Å². The van der Waals surface area contributed by atoms with Crippen molar-refractivity contribution in [3.8, 4) is 0 Å². The smallest absolute Gasteiger partial charge is 0.177 e. The van der Waals surface area contributed by atoms with Gasteiger partial charge in [0.25, 0.3) is 0 Å². The molecule has 2 aromatic carbocycles. The molecule has 0 atom stereocenters. The average Bonchev–Trinajstić information content (AvgIpc) is 3.05. The average molecular weight is 344 g/mol. The maximum atomic E-state index is 11.4. The van der Waals surface area contributed by atoms with Crippen LogP contribution in [0.3, 0.4) is 0 Å². The van der Waals surface area contributed by atoms with Crippen molar-refractivity contribution in [1.29, 1.82) is 0 Å². The predicted octanol–water partition coefficient (Wildman–Crippen LogP) is 3.85. The van der Waals surface area contributed by atoms with Crippen LogP contribution in [0.1, 0.15) is 22.6 Å². The summed E-state index contributed by atoms with van der Waals surface area (Å²) in [7, 11) is 0. The largest absolute Gasteiger partial charge is 0.373 e. The molecule has 1 aromatic heterocycles. The molecule has 106 valence electrons. The van der Waals surface area contributed by atoms with Gasteiger partial charge in [0.2, 0.25) is 0 Å². The summed E-state index contributed by atoms with van der Waals surface area (Å²) < 4.78 is 5.40. The molecular weight excluding hydrogens is 330 g/mol. The minimum atomic E-state index is -1.35. The van der Waals surface area contributed by atoms with Gasteiger partial charge in [-0.3, -0.25) is 0 Å². The van der Waals surface area contributed by atoms with Crippen LogP contribution in [0.2, 0.25) is 0 Å². The normalized spacial score (nSPS) is 11.5. The zero-order chi connectivity index (χ0) is 14.7. The summed E-state index contributed by atoms with van der Waals surface area (Å²) in [5.41, 5.74) is 0.882. The van der Waals surface area contributed by atoms with E-state index >= 15 is 0 Å². The zero-order valence-electron chi connectivity index (χ0n) is 11.2. The highest BCUT2D eigenvalue weighted by Crippen LogP contribution is 2.36. The molecule has 0 fully saturated rings. The van der Waals surface area contributed by atoms with Crippen LogP contribution in [0.15, 0.2) is 71.3 Å². The monoisotopic (exact) mass is 343 g/mol. The highest BCUT2D eigenvalue weighted by Gasteiger charge is 2.37. The first kappa shape index (κ1) is 14.0. The standard InChI is InChI=1S/C17H14BrNO2/c18-12-15-11-16(21-19-15)17(20,13-7-3-1-4-8-13)14-9-5-2-6-10-14/h1-11,20H,12H2. The molecular formula is C17H14BrNO2. The maximum absolute atomic E-state index is 11.4. The van der Waals surface area contributed by atoms with E-state index in [4.69, 9.17) is 4.52 Å². The summed E-state index contributed by atoms with van der Waals surface area (Å²) in [6.45, 7) is 0. The van der Waals surface area contributed by atoms with Gasteiger partial charge < -0.3 is 9.63 Å². The Morgan fingerprint density at radius 1 is 0.952 bits per heavy atom. The number of aromatic nitrogens is 1. The van der Waals surface area contributed by atoms with Crippen LogP contribution in [0, 0.1) is 0 Å². The summed E-state index contributed by atoms with van der Waals surface area (Å²) in [6.07, 6.45) is 0. The van der Waals surface area contributed by atoms with Crippen molar-refractivity contribution in [3.63, 3.8) is 0 Å². The third-order valence-corrected chi connectivity index (χ3v) is 4.01. The van der Waals surface area contributed by atoms with E-state index in [0.29, 0.717) is 11.1 Å². The molecule has 0 saturated heterocycles. The molecule has 0 radical (unpaired) electrons. The van der Waals surface area contributed by atoms with Crippen LogP contribution in [-0.2, 0) is 10.9 Å². The lowest BCUT2D eigenvalue weighted by Gasteiger charge is -2.26. The minimum Gasteiger partial charge on any atom is -0.373 e. The summed E-state index contributed by atoms with van der Waals surface area (Å²) in [5, 5.41) is 15.9. The highest BCUT2D eigenvalue weighted by molar-refractivity contribution is 9.08. The van der Waals surface area contributed by atoms with Gasteiger partial charge in [-0.2, -0.15) is 0 Å². The summed E-state index contributed by atoms with van der Waals surface area (Å²) in [4.78, 5) is 0. The van der Waals surface area contributed by atoms with Crippen LogP contribution in [0.25, 0.3) is 0 Å². The number of nitrogens with zero attached hydrogens (tertiary/aromatic N) is 1. The summed E-state index contributed by atoms with van der Waals surface area (Å²) in [5.74, 6) is 0.411. The fourth-order valence-corrected chi connectivity index (χ4v) is 2.62. The molecule has 0 bridgehead atoms. The number of aliphatic hydroxyl groups is 1. The Labute approximate surface area is 131 Å². The number of hydrogen-bond donors (Lipinski definition) is 1. The Kier molecular flexibility index (Phi) is 3.90.